The Morgan fingerprint density at radius 2 is 1.59 bits per heavy atom. The number of aromatic nitrogens is 2. The Hall–Kier alpha value is -2.69. The summed E-state index contributed by atoms with van der Waals surface area (Å²) in [4.78, 5) is 27.6. The summed E-state index contributed by atoms with van der Waals surface area (Å²) in [6, 6.07) is 4.53. The van der Waals surface area contributed by atoms with Gasteiger partial charge in [0.2, 0.25) is 5.95 Å². The maximum Gasteiger partial charge on any atom is 0.260 e. The number of fused-ring (bicyclic) bond motifs is 1. The van der Waals surface area contributed by atoms with Gasteiger partial charge in [0, 0.05) is 23.8 Å². The van der Waals surface area contributed by atoms with Gasteiger partial charge in [0.15, 0.2) is 0 Å². The fraction of sp³-hybridized carbons (Fsp3) is 0.519. The number of carbonyl (C=O) groups is 1. The van der Waals surface area contributed by atoms with E-state index in [0.29, 0.717) is 5.95 Å². The van der Waals surface area contributed by atoms with Crippen molar-refractivity contribution >= 4 is 28.9 Å². The lowest BCUT2D eigenvalue weighted by Crippen LogP contribution is -2.37. The molecule has 0 saturated heterocycles. The Morgan fingerprint density at radius 1 is 1.00 bits per heavy atom. The van der Waals surface area contributed by atoms with Gasteiger partial charge in [-0.05, 0) is 64.5 Å². The van der Waals surface area contributed by atoms with E-state index in [9.17, 15) is 4.79 Å². The molecule has 0 aliphatic carbocycles. The van der Waals surface area contributed by atoms with Crippen molar-refractivity contribution in [2.24, 2.45) is 5.92 Å². The molecule has 0 atom stereocenters. The largest absolute Gasteiger partial charge is 0.310 e. The Bertz CT molecular complexity index is 1030. The molecule has 2 heterocycles. The monoisotopic (exact) mass is 434 g/mol. The summed E-state index contributed by atoms with van der Waals surface area (Å²) >= 11 is 0. The highest BCUT2D eigenvalue weighted by molar-refractivity contribution is 6.32. The lowest BCUT2D eigenvalue weighted by Gasteiger charge is -2.28. The summed E-state index contributed by atoms with van der Waals surface area (Å²) in [7, 11) is 0. The van der Waals surface area contributed by atoms with Crippen LogP contribution in [0.4, 0.5) is 17.5 Å². The van der Waals surface area contributed by atoms with Crippen LogP contribution in [0.5, 0.6) is 0 Å². The van der Waals surface area contributed by atoms with Crippen LogP contribution in [0.2, 0.25) is 0 Å². The summed E-state index contributed by atoms with van der Waals surface area (Å²) in [5.41, 5.74) is 7.32. The van der Waals surface area contributed by atoms with Crippen LogP contribution >= 0.6 is 0 Å². The van der Waals surface area contributed by atoms with Gasteiger partial charge < -0.3 is 4.90 Å². The van der Waals surface area contributed by atoms with E-state index in [1.54, 1.807) is 0 Å². The van der Waals surface area contributed by atoms with Gasteiger partial charge in [-0.2, -0.15) is 4.98 Å². The first-order chi connectivity index (χ1) is 15.1. The van der Waals surface area contributed by atoms with Crippen LogP contribution in [0.1, 0.15) is 75.4 Å². The third kappa shape index (κ3) is 4.17. The van der Waals surface area contributed by atoms with Crippen molar-refractivity contribution in [1.82, 2.24) is 9.97 Å². The Kier molecular flexibility index (Phi) is 7.06. The molecule has 1 aliphatic heterocycles. The maximum absolute atomic E-state index is 13.6. The van der Waals surface area contributed by atoms with Crippen LogP contribution in [0.15, 0.2) is 18.2 Å². The van der Waals surface area contributed by atoms with Crippen LogP contribution in [0, 0.1) is 33.6 Å². The molecular formula is C27H38N4O. The second-order valence-electron chi connectivity index (χ2n) is 9.27. The number of carbonyl (C=O) groups excluding carboxylic acids is 1. The predicted molar refractivity (Wildman–Crippen MR) is 135 cm³/mol. The molecule has 0 unspecified atom stereocenters. The van der Waals surface area contributed by atoms with E-state index in [1.165, 1.54) is 16.7 Å². The van der Waals surface area contributed by atoms with Crippen LogP contribution < -0.4 is 9.80 Å². The van der Waals surface area contributed by atoms with Gasteiger partial charge in [0.1, 0.15) is 5.82 Å². The fourth-order valence-electron chi connectivity index (χ4n) is 4.96. The fourth-order valence-corrected chi connectivity index (χ4v) is 4.96. The van der Waals surface area contributed by atoms with Crippen LogP contribution in [0.25, 0.3) is 5.57 Å². The highest BCUT2D eigenvalue weighted by atomic mass is 16.2. The average molecular weight is 435 g/mol. The van der Waals surface area contributed by atoms with Gasteiger partial charge in [-0.15, -0.1) is 0 Å². The lowest BCUT2D eigenvalue weighted by atomic mass is 10.0. The van der Waals surface area contributed by atoms with E-state index in [0.717, 1.165) is 47.7 Å². The zero-order chi connectivity index (χ0) is 23.7. The molecule has 0 spiro atoms. The molecule has 3 rings (SSSR count). The topological polar surface area (TPSA) is 49.3 Å². The molecule has 0 fully saturated rings. The standard InChI is InChI=1S/C27H38N4O/c1-10-21(11-2)31-25-23(22(26(31)32)13-16(4)5)20(9)28-27(29-25)30(12-3)24-18(7)14-17(6)15-19(24)8/h13-16,21H,10-12H2,1-9H3/b22-13-. The van der Waals surface area contributed by atoms with Gasteiger partial charge in [-0.1, -0.05) is 51.5 Å². The third-order valence-electron chi connectivity index (χ3n) is 6.28. The highest BCUT2D eigenvalue weighted by Gasteiger charge is 2.39. The summed E-state index contributed by atoms with van der Waals surface area (Å²) < 4.78 is 0. The zero-order valence-electron chi connectivity index (χ0n) is 21.2. The molecule has 2 aromatic rings. The van der Waals surface area contributed by atoms with Crippen LogP contribution in [0.3, 0.4) is 0 Å². The minimum atomic E-state index is 0.0581. The highest BCUT2D eigenvalue weighted by Crippen LogP contribution is 2.42. The molecule has 1 amide bonds. The zero-order valence-corrected chi connectivity index (χ0v) is 21.2. The van der Waals surface area contributed by atoms with Crippen molar-refractivity contribution in [1.29, 1.82) is 0 Å². The number of allylic oxidation sites excluding steroid dienone is 1. The summed E-state index contributed by atoms with van der Waals surface area (Å²) in [5.74, 6) is 1.75. The molecule has 0 N–H and O–H groups in total. The molecule has 1 aromatic carbocycles. The van der Waals surface area contributed by atoms with Crippen molar-refractivity contribution < 1.29 is 4.79 Å². The van der Waals surface area contributed by atoms with Gasteiger partial charge in [0.25, 0.3) is 5.91 Å². The molecule has 0 bridgehead atoms. The Morgan fingerprint density at radius 3 is 2.09 bits per heavy atom. The molecule has 1 aliphatic rings. The number of benzene rings is 1. The molecule has 32 heavy (non-hydrogen) atoms. The van der Waals surface area contributed by atoms with E-state index in [2.05, 4.69) is 78.5 Å². The van der Waals surface area contributed by atoms with Crippen molar-refractivity contribution in [3.8, 4) is 0 Å². The summed E-state index contributed by atoms with van der Waals surface area (Å²) in [6.07, 6.45) is 3.84. The predicted octanol–water partition coefficient (Wildman–Crippen LogP) is 6.44. The van der Waals surface area contributed by atoms with E-state index < -0.39 is 0 Å². The number of aryl methyl sites for hydroxylation is 4. The number of nitrogens with zero attached hydrogens (tertiary/aromatic N) is 4. The van der Waals surface area contributed by atoms with Crippen molar-refractivity contribution in [3.05, 3.63) is 46.2 Å². The number of hydrogen-bond acceptors (Lipinski definition) is 4. The maximum atomic E-state index is 13.6. The number of hydrogen-bond donors (Lipinski definition) is 0. The molecule has 1 aromatic heterocycles. The normalized spacial score (nSPS) is 14.8. The molecule has 5 heteroatoms. The molecule has 5 nitrogen and oxygen atoms in total. The second-order valence-corrected chi connectivity index (χ2v) is 9.27. The summed E-state index contributed by atoms with van der Waals surface area (Å²) in [6.45, 7) is 19.8. The quantitative estimate of drug-likeness (QED) is 0.470. The molecule has 0 radical (unpaired) electrons. The van der Waals surface area contributed by atoms with E-state index in [4.69, 9.17) is 9.97 Å². The van der Waals surface area contributed by atoms with Crippen molar-refractivity contribution in [3.63, 3.8) is 0 Å². The lowest BCUT2D eigenvalue weighted by molar-refractivity contribution is -0.113. The van der Waals surface area contributed by atoms with Gasteiger partial charge >= 0.3 is 0 Å². The van der Waals surface area contributed by atoms with E-state index >= 15 is 0 Å². The number of amides is 1. The molecule has 0 saturated carbocycles. The first kappa shape index (κ1) is 24.0. The van der Waals surface area contributed by atoms with Crippen LogP contribution in [-0.2, 0) is 4.79 Å². The smallest absolute Gasteiger partial charge is 0.260 e. The molecular weight excluding hydrogens is 396 g/mol. The summed E-state index contributed by atoms with van der Waals surface area (Å²) in [5, 5.41) is 0. The third-order valence-corrected chi connectivity index (χ3v) is 6.28. The SMILES string of the molecule is CCC(CC)N1C(=O)/C(=C\C(C)C)c2c(C)nc(N(CC)c3c(C)cc(C)cc3C)nc21. The minimum Gasteiger partial charge on any atom is -0.310 e. The Labute approximate surface area is 193 Å². The number of anilines is 3. The molecule has 172 valence electrons. The van der Waals surface area contributed by atoms with E-state index in [-0.39, 0.29) is 17.9 Å². The van der Waals surface area contributed by atoms with Crippen LogP contribution in [-0.4, -0.2) is 28.5 Å². The average Bonchev–Trinajstić information content (AvgIpc) is 2.97. The Balaban J connectivity index is 2.25. The van der Waals surface area contributed by atoms with Gasteiger partial charge in [-0.25, -0.2) is 4.98 Å². The van der Waals surface area contributed by atoms with E-state index in [1.807, 2.05) is 11.8 Å². The van der Waals surface area contributed by atoms with Gasteiger partial charge in [-0.3, -0.25) is 9.69 Å². The first-order valence-corrected chi connectivity index (χ1v) is 11.9. The van der Waals surface area contributed by atoms with Gasteiger partial charge in [0.05, 0.1) is 11.3 Å². The van der Waals surface area contributed by atoms with Crippen molar-refractivity contribution in [2.75, 3.05) is 16.3 Å². The van der Waals surface area contributed by atoms with Crippen molar-refractivity contribution in [2.45, 2.75) is 81.2 Å². The second kappa shape index (κ2) is 9.43. The minimum absolute atomic E-state index is 0.0581. The first-order valence-electron chi connectivity index (χ1n) is 11.9. The number of rotatable bonds is 7.